The maximum absolute atomic E-state index is 4.99. The number of nitrogens with one attached hydrogen (secondary N) is 1. The third kappa shape index (κ3) is 2.62. The molecule has 4 aliphatic heterocycles. The van der Waals surface area contributed by atoms with Crippen LogP contribution in [0.15, 0.2) is 56.8 Å². The molecule has 5 rings (SSSR count). The van der Waals surface area contributed by atoms with E-state index in [1.807, 2.05) is 0 Å². The van der Waals surface area contributed by atoms with Gasteiger partial charge in [0.1, 0.15) is 0 Å². The topological polar surface area (TPSA) is 36.8 Å². The van der Waals surface area contributed by atoms with E-state index in [9.17, 15) is 0 Å². The van der Waals surface area contributed by atoms with Crippen molar-refractivity contribution in [2.75, 3.05) is 0 Å². The van der Waals surface area contributed by atoms with E-state index in [-0.39, 0.29) is 0 Å². The van der Waals surface area contributed by atoms with Crippen LogP contribution in [0.25, 0.3) is 0 Å². The molecule has 0 aromatic heterocycles. The smallest absolute Gasteiger partial charge is 0.0730 e. The fourth-order valence-electron chi connectivity index (χ4n) is 4.41. The van der Waals surface area contributed by atoms with E-state index in [4.69, 9.17) is 9.98 Å². The fourth-order valence-corrected chi connectivity index (χ4v) is 4.41. The predicted octanol–water partition coefficient (Wildman–Crippen LogP) is 4.00. The predicted molar refractivity (Wildman–Crippen MR) is 94.8 cm³/mol. The Hall–Kier alpha value is -1.90. The Balaban J connectivity index is 1.55. The lowest BCUT2D eigenvalue weighted by Crippen LogP contribution is -2.17. The molecule has 118 valence electrons. The highest BCUT2D eigenvalue weighted by Gasteiger charge is 2.29. The molecule has 0 aromatic carbocycles. The van der Waals surface area contributed by atoms with Crippen LogP contribution < -0.4 is 5.32 Å². The number of rotatable bonds is 0. The van der Waals surface area contributed by atoms with E-state index >= 15 is 0 Å². The summed E-state index contributed by atoms with van der Waals surface area (Å²) in [5.41, 5.74) is 8.20. The molecule has 0 spiro atoms. The van der Waals surface area contributed by atoms with Crippen molar-refractivity contribution in [1.82, 2.24) is 5.32 Å². The van der Waals surface area contributed by atoms with Crippen LogP contribution in [0.1, 0.15) is 51.4 Å². The van der Waals surface area contributed by atoms with Crippen LogP contribution in [0, 0.1) is 0 Å². The molecule has 3 heteroatoms. The van der Waals surface area contributed by atoms with Gasteiger partial charge >= 0.3 is 0 Å². The van der Waals surface area contributed by atoms with Gasteiger partial charge in [0.25, 0.3) is 0 Å². The Morgan fingerprint density at radius 1 is 0.652 bits per heavy atom. The minimum atomic E-state index is 0.411. The van der Waals surface area contributed by atoms with Crippen LogP contribution >= 0.6 is 0 Å². The van der Waals surface area contributed by atoms with Crippen LogP contribution in [0.2, 0.25) is 0 Å². The molecule has 23 heavy (non-hydrogen) atoms. The molecule has 2 atom stereocenters. The van der Waals surface area contributed by atoms with Crippen molar-refractivity contribution in [1.29, 1.82) is 0 Å². The first-order valence-corrected chi connectivity index (χ1v) is 9.04. The number of allylic oxidation sites excluding steroid dienone is 8. The molecule has 2 unspecified atom stereocenters. The minimum absolute atomic E-state index is 0.411. The normalized spacial score (nSPS) is 34.3. The van der Waals surface area contributed by atoms with Crippen LogP contribution in [-0.4, -0.2) is 23.5 Å². The van der Waals surface area contributed by atoms with Crippen molar-refractivity contribution in [3.63, 3.8) is 0 Å². The van der Waals surface area contributed by atoms with Crippen molar-refractivity contribution in [2.24, 2.45) is 9.98 Å². The van der Waals surface area contributed by atoms with Gasteiger partial charge in [0.2, 0.25) is 0 Å². The molecule has 3 nitrogen and oxygen atoms in total. The number of fused-ring (bicyclic) bond motifs is 6. The van der Waals surface area contributed by atoms with Gasteiger partial charge in [-0.1, -0.05) is 6.08 Å². The molecule has 0 aromatic rings. The summed E-state index contributed by atoms with van der Waals surface area (Å²) in [6, 6.07) is 0.826. The van der Waals surface area contributed by atoms with E-state index in [1.165, 1.54) is 53.2 Å². The molecule has 0 radical (unpaired) electrons. The molecular formula is C20H23N3. The monoisotopic (exact) mass is 305 g/mol. The Labute approximate surface area is 137 Å². The van der Waals surface area contributed by atoms with Crippen molar-refractivity contribution in [2.45, 2.75) is 63.5 Å². The van der Waals surface area contributed by atoms with Crippen LogP contribution in [-0.2, 0) is 0 Å². The summed E-state index contributed by atoms with van der Waals surface area (Å²) in [7, 11) is 0. The highest BCUT2D eigenvalue weighted by molar-refractivity contribution is 5.98. The highest BCUT2D eigenvalue weighted by Crippen LogP contribution is 2.31. The first-order valence-electron chi connectivity index (χ1n) is 9.04. The van der Waals surface area contributed by atoms with E-state index in [0.29, 0.717) is 12.1 Å². The first-order chi connectivity index (χ1) is 11.3. The molecular weight excluding hydrogens is 282 g/mol. The third-order valence-electron chi connectivity index (χ3n) is 5.61. The van der Waals surface area contributed by atoms with E-state index in [2.05, 4.69) is 29.6 Å². The van der Waals surface area contributed by atoms with Gasteiger partial charge < -0.3 is 5.32 Å². The second-order valence-corrected chi connectivity index (χ2v) is 7.36. The molecule has 8 bridgehead atoms. The summed E-state index contributed by atoms with van der Waals surface area (Å²) >= 11 is 0. The molecule has 4 heterocycles. The van der Waals surface area contributed by atoms with Gasteiger partial charge in [0.05, 0.1) is 12.1 Å². The molecule has 1 saturated heterocycles. The van der Waals surface area contributed by atoms with Crippen molar-refractivity contribution in [3.8, 4) is 0 Å². The summed E-state index contributed by atoms with van der Waals surface area (Å²) in [5.74, 6) is 0. The maximum Gasteiger partial charge on any atom is 0.0730 e. The number of hydrogen-bond donors (Lipinski definition) is 1. The largest absolute Gasteiger partial charge is 0.362 e. The average molecular weight is 305 g/mol. The zero-order chi connectivity index (χ0) is 15.2. The van der Waals surface area contributed by atoms with E-state index in [1.54, 1.807) is 0 Å². The van der Waals surface area contributed by atoms with Gasteiger partial charge in [0, 0.05) is 22.8 Å². The molecule has 1 fully saturated rings. The summed E-state index contributed by atoms with van der Waals surface area (Å²) in [4.78, 5) is 9.98. The highest BCUT2D eigenvalue weighted by atomic mass is 15.0. The fraction of sp³-hybridized carbons (Fsp3) is 0.500. The van der Waals surface area contributed by atoms with E-state index in [0.717, 1.165) is 32.1 Å². The second-order valence-electron chi connectivity index (χ2n) is 7.36. The van der Waals surface area contributed by atoms with Gasteiger partial charge in [-0.15, -0.1) is 0 Å². The molecule has 5 aliphatic rings. The second kappa shape index (κ2) is 5.33. The molecule has 1 aliphatic carbocycles. The Kier molecular flexibility index (Phi) is 3.13. The van der Waals surface area contributed by atoms with Gasteiger partial charge in [-0.25, -0.2) is 0 Å². The maximum atomic E-state index is 4.99. The summed E-state index contributed by atoms with van der Waals surface area (Å²) in [6.45, 7) is 0. The lowest BCUT2D eigenvalue weighted by atomic mass is 10.0. The standard InChI is InChI=1S/C20H23N3/c1-2-14-9-13(1)10-15-3-4-17(21-15)12-18-6-8-20(23-18)19-7-5-16(11-14)22-19/h9-12,19-21H,1-8H2/b14-11?,15-10?,17-12-. The van der Waals surface area contributed by atoms with Gasteiger partial charge in [-0.3, -0.25) is 9.98 Å². The third-order valence-corrected chi connectivity index (χ3v) is 5.61. The Bertz CT molecular complexity index is 730. The van der Waals surface area contributed by atoms with Gasteiger partial charge in [-0.2, -0.15) is 0 Å². The summed E-state index contributed by atoms with van der Waals surface area (Å²) < 4.78 is 0. The number of hydrogen-bond acceptors (Lipinski definition) is 3. The SMILES string of the molecule is C1=C2C=C3CC/C(=C/C4=NC(CC4)C4CCC(=N4)C=C1CC2)N3. The quantitative estimate of drug-likeness (QED) is 0.721. The Morgan fingerprint density at radius 2 is 1.26 bits per heavy atom. The molecule has 1 N–H and O–H groups in total. The van der Waals surface area contributed by atoms with Crippen LogP contribution in [0.5, 0.6) is 0 Å². The first kappa shape index (κ1) is 13.5. The van der Waals surface area contributed by atoms with E-state index < -0.39 is 0 Å². The zero-order valence-electron chi connectivity index (χ0n) is 13.5. The van der Waals surface area contributed by atoms with Crippen molar-refractivity contribution >= 4 is 11.4 Å². The Morgan fingerprint density at radius 3 is 2.00 bits per heavy atom. The van der Waals surface area contributed by atoms with Crippen LogP contribution in [0.4, 0.5) is 0 Å². The lowest BCUT2D eigenvalue weighted by Gasteiger charge is -2.11. The number of nitrogens with zero attached hydrogens (tertiary/aromatic N) is 2. The number of aliphatic imine (C=N–C) groups is 2. The molecule has 0 saturated carbocycles. The van der Waals surface area contributed by atoms with Crippen molar-refractivity contribution in [3.05, 3.63) is 46.8 Å². The van der Waals surface area contributed by atoms with Crippen LogP contribution in [0.3, 0.4) is 0 Å². The summed E-state index contributed by atoms with van der Waals surface area (Å²) in [5, 5.41) is 3.61. The van der Waals surface area contributed by atoms with Gasteiger partial charge in [0.15, 0.2) is 0 Å². The molecule has 0 amide bonds. The zero-order valence-corrected chi connectivity index (χ0v) is 13.5. The summed E-state index contributed by atoms with van der Waals surface area (Å²) in [6.07, 6.45) is 18.6. The average Bonchev–Trinajstić information content (AvgIpc) is 3.28. The van der Waals surface area contributed by atoms with Crippen molar-refractivity contribution < 1.29 is 0 Å². The van der Waals surface area contributed by atoms with Gasteiger partial charge in [-0.05, 0) is 80.7 Å². The minimum Gasteiger partial charge on any atom is -0.362 e. The lowest BCUT2D eigenvalue weighted by molar-refractivity contribution is 0.527.